The Morgan fingerprint density at radius 2 is 2.15 bits per heavy atom. The van der Waals surface area contributed by atoms with E-state index >= 15 is 0 Å². The Morgan fingerprint density at radius 1 is 1.35 bits per heavy atom. The number of rotatable bonds is 5. The standard InChI is InChI=1S/C24H29BrFN5O3/c1-24(2,3)34-23(32)30-15-6-5-9-31(13-15)21-16(25)11-27-22-20(21)18(12-28-22)29-14-7-8-19(33-4)17(26)10-14/h7-8,10-12,15,29H,5-6,9,13H2,1-4H3,(H,27,28)(H,30,32). The summed E-state index contributed by atoms with van der Waals surface area (Å²) >= 11 is 3.66. The number of halogens is 2. The molecule has 1 aliphatic heterocycles. The van der Waals surface area contributed by atoms with Crippen molar-refractivity contribution in [2.24, 2.45) is 0 Å². The number of aromatic nitrogens is 2. The van der Waals surface area contributed by atoms with Crippen molar-refractivity contribution in [3.63, 3.8) is 0 Å². The summed E-state index contributed by atoms with van der Waals surface area (Å²) in [5, 5.41) is 7.17. The molecule has 34 heavy (non-hydrogen) atoms. The van der Waals surface area contributed by atoms with Crippen LogP contribution in [-0.4, -0.2) is 47.9 Å². The van der Waals surface area contributed by atoms with E-state index in [0.29, 0.717) is 17.9 Å². The molecule has 1 atom stereocenters. The van der Waals surface area contributed by atoms with Crippen molar-refractivity contribution in [1.82, 2.24) is 15.3 Å². The van der Waals surface area contributed by atoms with Gasteiger partial charge in [-0.3, -0.25) is 0 Å². The zero-order valence-corrected chi connectivity index (χ0v) is 21.3. The number of ether oxygens (including phenoxy) is 2. The number of hydrogen-bond donors (Lipinski definition) is 3. The van der Waals surface area contributed by atoms with Crippen LogP contribution in [0.25, 0.3) is 11.0 Å². The second-order valence-corrected chi connectivity index (χ2v) is 10.1. The molecule has 10 heteroatoms. The molecule has 3 N–H and O–H groups in total. The van der Waals surface area contributed by atoms with E-state index in [4.69, 9.17) is 9.47 Å². The van der Waals surface area contributed by atoms with Crippen molar-refractivity contribution < 1.29 is 18.7 Å². The van der Waals surface area contributed by atoms with Crippen LogP contribution < -0.4 is 20.3 Å². The van der Waals surface area contributed by atoms with Crippen LogP contribution in [0.5, 0.6) is 5.75 Å². The summed E-state index contributed by atoms with van der Waals surface area (Å²) < 4.78 is 25.5. The molecule has 0 radical (unpaired) electrons. The van der Waals surface area contributed by atoms with Crippen LogP contribution in [0.1, 0.15) is 33.6 Å². The third-order valence-corrected chi connectivity index (χ3v) is 6.10. The Kier molecular flexibility index (Phi) is 6.88. The molecule has 4 rings (SSSR count). The number of aromatic amines is 1. The minimum Gasteiger partial charge on any atom is -0.494 e. The van der Waals surface area contributed by atoms with E-state index in [9.17, 15) is 9.18 Å². The van der Waals surface area contributed by atoms with Crippen molar-refractivity contribution in [2.75, 3.05) is 30.4 Å². The van der Waals surface area contributed by atoms with E-state index in [0.717, 1.165) is 40.6 Å². The fraction of sp³-hybridized carbons (Fsp3) is 0.417. The molecule has 0 bridgehead atoms. The van der Waals surface area contributed by atoms with Crippen LogP contribution in [0.4, 0.5) is 26.2 Å². The molecule has 1 fully saturated rings. The summed E-state index contributed by atoms with van der Waals surface area (Å²) in [5.74, 6) is -0.259. The molecule has 8 nitrogen and oxygen atoms in total. The summed E-state index contributed by atoms with van der Waals surface area (Å²) in [6, 6.07) is 4.68. The topological polar surface area (TPSA) is 91.5 Å². The lowest BCUT2D eigenvalue weighted by atomic mass is 10.0. The minimum absolute atomic E-state index is 0.0512. The molecule has 1 unspecified atom stereocenters. The summed E-state index contributed by atoms with van der Waals surface area (Å²) in [5.41, 5.74) is 2.47. The fourth-order valence-electron chi connectivity index (χ4n) is 4.14. The van der Waals surface area contributed by atoms with Gasteiger partial charge in [-0.15, -0.1) is 0 Å². The van der Waals surface area contributed by atoms with Crippen LogP contribution in [-0.2, 0) is 4.74 Å². The van der Waals surface area contributed by atoms with Crippen molar-refractivity contribution in [3.8, 4) is 5.75 Å². The van der Waals surface area contributed by atoms with Crippen LogP contribution in [0, 0.1) is 5.82 Å². The Bertz CT molecular complexity index is 1190. The number of carbonyl (C=O) groups excluding carboxylic acids is 1. The van der Waals surface area contributed by atoms with Gasteiger partial charge in [-0.2, -0.15) is 0 Å². The fourth-order valence-corrected chi connectivity index (χ4v) is 4.69. The molecule has 1 amide bonds. The second-order valence-electron chi connectivity index (χ2n) is 9.29. The quantitative estimate of drug-likeness (QED) is 0.389. The average Bonchev–Trinajstić information content (AvgIpc) is 3.15. The van der Waals surface area contributed by atoms with Crippen LogP contribution in [0.3, 0.4) is 0 Å². The van der Waals surface area contributed by atoms with Crippen LogP contribution in [0.2, 0.25) is 0 Å². The maximum absolute atomic E-state index is 14.2. The third-order valence-electron chi connectivity index (χ3n) is 5.52. The summed E-state index contributed by atoms with van der Waals surface area (Å²) in [4.78, 5) is 22.2. The maximum Gasteiger partial charge on any atom is 0.407 e. The first-order chi connectivity index (χ1) is 16.1. The Balaban J connectivity index is 1.61. The number of fused-ring (bicyclic) bond motifs is 1. The molecule has 182 valence electrons. The molecule has 0 aliphatic carbocycles. The zero-order valence-electron chi connectivity index (χ0n) is 19.7. The molecular formula is C24H29BrFN5O3. The average molecular weight is 534 g/mol. The number of piperidine rings is 1. The number of nitrogens with zero attached hydrogens (tertiary/aromatic N) is 2. The zero-order chi connectivity index (χ0) is 24.5. The largest absolute Gasteiger partial charge is 0.494 e. The summed E-state index contributed by atoms with van der Waals surface area (Å²) in [6.07, 6.45) is 4.94. The predicted octanol–water partition coefficient (Wildman–Crippen LogP) is 5.71. The summed E-state index contributed by atoms with van der Waals surface area (Å²) in [7, 11) is 1.43. The molecule has 0 saturated carbocycles. The Morgan fingerprint density at radius 3 is 2.85 bits per heavy atom. The number of amides is 1. The highest BCUT2D eigenvalue weighted by Crippen LogP contribution is 2.40. The molecule has 0 spiro atoms. The van der Waals surface area contributed by atoms with Crippen molar-refractivity contribution in [2.45, 2.75) is 45.3 Å². The number of pyridine rings is 1. The number of H-pyrrole nitrogens is 1. The van der Waals surface area contributed by atoms with E-state index < -0.39 is 17.5 Å². The van der Waals surface area contributed by atoms with Gasteiger partial charge in [0.25, 0.3) is 0 Å². The molecule has 3 aromatic rings. The molecule has 1 aromatic carbocycles. The predicted molar refractivity (Wildman–Crippen MR) is 135 cm³/mol. The van der Waals surface area contributed by atoms with E-state index in [-0.39, 0.29) is 11.8 Å². The molecule has 2 aromatic heterocycles. The number of nitrogens with one attached hydrogen (secondary N) is 3. The number of hydrogen-bond acceptors (Lipinski definition) is 6. The van der Waals surface area contributed by atoms with Gasteiger partial charge in [0.2, 0.25) is 0 Å². The number of methoxy groups -OCH3 is 1. The highest BCUT2D eigenvalue weighted by Gasteiger charge is 2.27. The number of anilines is 3. The van der Waals surface area contributed by atoms with E-state index in [1.165, 1.54) is 13.2 Å². The van der Waals surface area contributed by atoms with Gasteiger partial charge >= 0.3 is 6.09 Å². The van der Waals surface area contributed by atoms with Gasteiger partial charge in [0.15, 0.2) is 11.6 Å². The van der Waals surface area contributed by atoms with Crippen molar-refractivity contribution in [1.29, 1.82) is 0 Å². The van der Waals surface area contributed by atoms with Gasteiger partial charge in [0.1, 0.15) is 11.2 Å². The van der Waals surface area contributed by atoms with Crippen molar-refractivity contribution in [3.05, 3.63) is 40.9 Å². The SMILES string of the molecule is COc1ccc(Nc2c[nH]c3ncc(Br)c(N4CCCC(NC(=O)OC(C)(C)C)C4)c23)cc1F. The highest BCUT2D eigenvalue weighted by molar-refractivity contribution is 9.10. The number of carbonyl (C=O) groups is 1. The smallest absolute Gasteiger partial charge is 0.407 e. The third kappa shape index (κ3) is 5.38. The summed E-state index contributed by atoms with van der Waals surface area (Å²) in [6.45, 7) is 6.99. The first kappa shape index (κ1) is 24.1. The lowest BCUT2D eigenvalue weighted by molar-refractivity contribution is 0.0500. The van der Waals surface area contributed by atoms with E-state index in [1.807, 2.05) is 27.0 Å². The molecule has 3 heterocycles. The van der Waals surface area contributed by atoms with Gasteiger partial charge in [-0.1, -0.05) is 0 Å². The Hall–Kier alpha value is -3.01. The van der Waals surface area contributed by atoms with Crippen LogP contribution in [0.15, 0.2) is 35.1 Å². The normalized spacial score (nSPS) is 16.4. The number of benzene rings is 1. The lowest BCUT2D eigenvalue weighted by Gasteiger charge is -2.36. The first-order valence-corrected chi connectivity index (χ1v) is 11.9. The Labute approximate surface area is 206 Å². The molecule has 1 aliphatic rings. The van der Waals surface area contributed by atoms with E-state index in [1.54, 1.807) is 18.3 Å². The van der Waals surface area contributed by atoms with Gasteiger partial charge in [-0.05, 0) is 61.7 Å². The van der Waals surface area contributed by atoms with Gasteiger partial charge < -0.3 is 30.0 Å². The van der Waals surface area contributed by atoms with Crippen LogP contribution >= 0.6 is 15.9 Å². The monoisotopic (exact) mass is 533 g/mol. The second kappa shape index (κ2) is 9.69. The van der Waals surface area contributed by atoms with Gasteiger partial charge in [0.05, 0.1) is 28.3 Å². The lowest BCUT2D eigenvalue weighted by Crippen LogP contribution is -2.49. The van der Waals surface area contributed by atoms with Gasteiger partial charge in [0, 0.05) is 43.3 Å². The molecule has 1 saturated heterocycles. The number of alkyl carbamates (subject to hydrolysis) is 1. The maximum atomic E-state index is 14.2. The van der Waals surface area contributed by atoms with Crippen molar-refractivity contribution >= 4 is 50.1 Å². The van der Waals surface area contributed by atoms with Gasteiger partial charge in [-0.25, -0.2) is 14.2 Å². The highest BCUT2D eigenvalue weighted by atomic mass is 79.9. The van der Waals surface area contributed by atoms with E-state index in [2.05, 4.69) is 41.4 Å². The molecular weight excluding hydrogens is 505 g/mol. The first-order valence-electron chi connectivity index (χ1n) is 11.1. The minimum atomic E-state index is -0.550.